The van der Waals surface area contributed by atoms with Crippen LogP contribution in [0.4, 0.5) is 5.95 Å². The summed E-state index contributed by atoms with van der Waals surface area (Å²) in [5.74, 6) is 0.616. The molecule has 4 rings (SSSR count). The molecule has 2 aromatic carbocycles. The van der Waals surface area contributed by atoms with Gasteiger partial charge in [-0.15, -0.1) is 4.68 Å². The quantitative estimate of drug-likeness (QED) is 0.161. The molecule has 0 fully saturated rings. The third-order valence-electron chi connectivity index (χ3n) is 6.35. The molecule has 0 atom stereocenters. The zero-order valence-electron chi connectivity index (χ0n) is 22.8. The maximum absolute atomic E-state index is 13.5. The Kier molecular flexibility index (Phi) is 8.73. The van der Waals surface area contributed by atoms with Crippen LogP contribution in [0.1, 0.15) is 74.0 Å². The van der Waals surface area contributed by atoms with E-state index in [4.69, 9.17) is 15.2 Å². The Bertz CT molecular complexity index is 1380. The molecule has 200 valence electrons. The maximum atomic E-state index is 13.5. The van der Waals surface area contributed by atoms with Crippen LogP contribution in [0.5, 0.6) is 5.88 Å². The van der Waals surface area contributed by atoms with E-state index in [2.05, 4.69) is 44.0 Å². The van der Waals surface area contributed by atoms with Crippen LogP contribution in [-0.4, -0.2) is 27.1 Å². The highest BCUT2D eigenvalue weighted by molar-refractivity contribution is 5.95. The maximum Gasteiger partial charge on any atom is 0.355 e. The van der Waals surface area contributed by atoms with Gasteiger partial charge in [0.05, 0.1) is 19.8 Å². The van der Waals surface area contributed by atoms with Gasteiger partial charge in [0.25, 0.3) is 5.88 Å². The predicted molar refractivity (Wildman–Crippen MR) is 147 cm³/mol. The summed E-state index contributed by atoms with van der Waals surface area (Å²) in [7, 11) is 0. The summed E-state index contributed by atoms with van der Waals surface area (Å²) in [6.07, 6.45) is 3.20. The highest BCUT2D eigenvalue weighted by atomic mass is 16.5. The zero-order valence-corrected chi connectivity index (χ0v) is 22.8. The van der Waals surface area contributed by atoms with Gasteiger partial charge < -0.3 is 15.2 Å². The summed E-state index contributed by atoms with van der Waals surface area (Å²) < 4.78 is 14.8. The molecule has 0 radical (unpaired) electrons. The lowest BCUT2D eigenvalue weighted by Gasteiger charge is -2.21. The molecule has 0 spiro atoms. The number of rotatable bonds is 12. The summed E-state index contributed by atoms with van der Waals surface area (Å²) in [5, 5.41) is 8.83. The molecule has 0 aliphatic rings. The van der Waals surface area contributed by atoms with Crippen molar-refractivity contribution in [2.45, 2.75) is 72.1 Å². The molecular weight excluding hydrogens is 478 g/mol. The Hall–Kier alpha value is -3.78. The average Bonchev–Trinajstić information content (AvgIpc) is 3.21. The Morgan fingerprint density at radius 2 is 1.76 bits per heavy atom. The third kappa shape index (κ3) is 6.95. The summed E-state index contributed by atoms with van der Waals surface area (Å²) >= 11 is 0. The molecule has 8 heteroatoms. The highest BCUT2D eigenvalue weighted by Gasteiger charge is 2.24. The summed E-state index contributed by atoms with van der Waals surface area (Å²) in [6.45, 7) is 10.1. The number of hydrogen-bond donors (Lipinski definition) is 1. The predicted octanol–water partition coefficient (Wildman–Crippen LogP) is 5.07. The fourth-order valence-electron chi connectivity index (χ4n) is 4.16. The normalized spacial score (nSPS) is 11.7. The number of anilines is 1. The number of nitrogens with zero attached hydrogens (tertiary/aromatic N) is 4. The van der Waals surface area contributed by atoms with Crippen LogP contribution in [0.3, 0.4) is 0 Å². The summed E-state index contributed by atoms with van der Waals surface area (Å²) in [5.41, 5.74) is 10.4. The highest BCUT2D eigenvalue weighted by Crippen LogP contribution is 2.25. The molecule has 38 heavy (non-hydrogen) atoms. The lowest BCUT2D eigenvalue weighted by Crippen LogP contribution is -2.40. The SMILES string of the molecule is CCCCCOc1ccc2n(n1)c(N)n[n+]2CC(=O)c1cc(COCc2ccccc2)cc(C(C)(C)C)c1. The Morgan fingerprint density at radius 3 is 2.50 bits per heavy atom. The number of unbranched alkanes of at least 4 members (excludes halogenated alkanes) is 2. The number of fused-ring (bicyclic) bond motifs is 1. The van der Waals surface area contributed by atoms with E-state index in [1.165, 1.54) is 4.52 Å². The van der Waals surface area contributed by atoms with E-state index < -0.39 is 0 Å². The molecule has 0 saturated heterocycles. The van der Waals surface area contributed by atoms with Gasteiger partial charge in [0.2, 0.25) is 5.78 Å². The van der Waals surface area contributed by atoms with Crippen molar-refractivity contribution in [3.05, 3.63) is 82.9 Å². The number of carbonyl (C=O) groups is 1. The minimum absolute atomic E-state index is 0.0387. The number of ketones is 1. The number of benzene rings is 2. The number of ether oxygens (including phenoxy) is 2. The smallest absolute Gasteiger partial charge is 0.355 e. The van der Waals surface area contributed by atoms with Crippen LogP contribution in [0.2, 0.25) is 0 Å². The van der Waals surface area contributed by atoms with Gasteiger partial charge in [-0.1, -0.05) is 81.5 Å². The lowest BCUT2D eigenvalue weighted by molar-refractivity contribution is -0.714. The van der Waals surface area contributed by atoms with Gasteiger partial charge >= 0.3 is 11.6 Å². The van der Waals surface area contributed by atoms with E-state index in [1.54, 1.807) is 10.7 Å². The molecule has 0 amide bonds. The molecule has 4 aromatic rings. The van der Waals surface area contributed by atoms with Crippen LogP contribution in [0, 0.1) is 0 Å². The number of nitrogens with two attached hydrogens (primary N) is 1. The van der Waals surface area contributed by atoms with Crippen LogP contribution in [-0.2, 0) is 29.9 Å². The first-order valence-corrected chi connectivity index (χ1v) is 13.2. The number of carbonyl (C=O) groups excluding carboxylic acids is 1. The Morgan fingerprint density at radius 1 is 1.00 bits per heavy atom. The fraction of sp³-hybridized carbons (Fsp3) is 0.400. The summed E-state index contributed by atoms with van der Waals surface area (Å²) in [4.78, 5) is 13.5. The average molecular weight is 517 g/mol. The topological polar surface area (TPSA) is 95.6 Å². The monoisotopic (exact) mass is 516 g/mol. The lowest BCUT2D eigenvalue weighted by atomic mass is 9.84. The van der Waals surface area contributed by atoms with Gasteiger partial charge in [-0.2, -0.15) is 0 Å². The van der Waals surface area contributed by atoms with E-state index in [0.717, 1.165) is 36.0 Å². The third-order valence-corrected chi connectivity index (χ3v) is 6.35. The van der Waals surface area contributed by atoms with Crippen LogP contribution >= 0.6 is 0 Å². The van der Waals surface area contributed by atoms with Crippen molar-refractivity contribution in [2.75, 3.05) is 12.3 Å². The van der Waals surface area contributed by atoms with E-state index in [-0.39, 0.29) is 23.7 Å². The van der Waals surface area contributed by atoms with Crippen molar-refractivity contribution in [1.82, 2.24) is 14.7 Å². The van der Waals surface area contributed by atoms with Crippen molar-refractivity contribution < 1.29 is 19.0 Å². The van der Waals surface area contributed by atoms with E-state index in [1.807, 2.05) is 48.5 Å². The minimum Gasteiger partial charge on any atom is -0.475 e. The zero-order chi connectivity index (χ0) is 27.1. The van der Waals surface area contributed by atoms with Crippen molar-refractivity contribution in [1.29, 1.82) is 0 Å². The molecule has 0 bridgehead atoms. The molecule has 0 aliphatic heterocycles. The second-order valence-electron chi connectivity index (χ2n) is 10.6. The standard InChI is InChI=1S/C30H38N5O3/c1-5-6-10-15-38-27-13-14-28-34(33-29(31)35(28)32-27)19-26(36)24-16-23(17-25(18-24)30(2,3)4)21-37-20-22-11-8-7-9-12-22/h7-9,11-14,16-18H,5-6,10,15,19-21H2,1-4H3,(H2,31,33)/q+1. The second-order valence-corrected chi connectivity index (χ2v) is 10.6. The largest absolute Gasteiger partial charge is 0.475 e. The van der Waals surface area contributed by atoms with E-state index in [0.29, 0.717) is 36.9 Å². The van der Waals surface area contributed by atoms with Gasteiger partial charge in [0, 0.05) is 17.7 Å². The molecule has 0 unspecified atom stereocenters. The molecule has 2 aromatic heterocycles. The summed E-state index contributed by atoms with van der Waals surface area (Å²) in [6, 6.07) is 19.7. The van der Waals surface area contributed by atoms with Gasteiger partial charge in [-0.05, 0) is 50.9 Å². The van der Waals surface area contributed by atoms with Gasteiger partial charge in [-0.3, -0.25) is 4.79 Å². The molecular formula is C30H38N5O3+. The van der Waals surface area contributed by atoms with Crippen LogP contribution in [0.15, 0.2) is 60.7 Å². The molecule has 0 aliphatic carbocycles. The van der Waals surface area contributed by atoms with Crippen LogP contribution in [0.25, 0.3) is 5.65 Å². The number of aromatic nitrogens is 4. The Balaban J connectivity index is 1.51. The first-order chi connectivity index (χ1) is 18.2. The number of Topliss-reactive ketones (excluding diaryl/α,β-unsaturated/α-hetero) is 1. The second kappa shape index (κ2) is 12.2. The molecule has 8 nitrogen and oxygen atoms in total. The van der Waals surface area contributed by atoms with Crippen molar-refractivity contribution >= 4 is 17.4 Å². The first kappa shape index (κ1) is 27.3. The van der Waals surface area contributed by atoms with Gasteiger partial charge in [0.1, 0.15) is 0 Å². The fourth-order valence-corrected chi connectivity index (χ4v) is 4.16. The molecule has 0 saturated carbocycles. The van der Waals surface area contributed by atoms with E-state index in [9.17, 15) is 4.79 Å². The van der Waals surface area contributed by atoms with E-state index >= 15 is 0 Å². The minimum atomic E-state index is -0.124. The molecule has 2 heterocycles. The first-order valence-electron chi connectivity index (χ1n) is 13.2. The van der Waals surface area contributed by atoms with Crippen molar-refractivity contribution in [3.63, 3.8) is 0 Å². The Labute approximate surface area is 224 Å². The van der Waals surface area contributed by atoms with Crippen molar-refractivity contribution in [2.24, 2.45) is 0 Å². The van der Waals surface area contributed by atoms with Gasteiger partial charge in [0.15, 0.2) is 6.54 Å². The van der Waals surface area contributed by atoms with Crippen LogP contribution < -0.4 is 15.2 Å². The number of nitrogen functional groups attached to an aromatic ring is 1. The number of hydrogen-bond acceptors (Lipinski definition) is 6. The molecule has 2 N–H and O–H groups in total. The van der Waals surface area contributed by atoms with Gasteiger partial charge in [-0.25, -0.2) is 0 Å². The van der Waals surface area contributed by atoms with Crippen molar-refractivity contribution in [3.8, 4) is 5.88 Å².